The van der Waals surface area contributed by atoms with E-state index in [4.69, 9.17) is 5.11 Å². The Balaban J connectivity index is 2.12. The summed E-state index contributed by atoms with van der Waals surface area (Å²) in [7, 11) is 0. The number of rotatable bonds is 5. The van der Waals surface area contributed by atoms with Gasteiger partial charge in [-0.15, -0.1) is 0 Å². The lowest BCUT2D eigenvalue weighted by atomic mass is 10.1. The van der Waals surface area contributed by atoms with Crippen molar-refractivity contribution in [2.45, 2.75) is 6.10 Å². The smallest absolute Gasteiger partial charge is 0.269 e. The second kappa shape index (κ2) is 6.79. The van der Waals surface area contributed by atoms with Gasteiger partial charge in [-0.05, 0) is 23.3 Å². The van der Waals surface area contributed by atoms with Crippen molar-refractivity contribution in [3.05, 3.63) is 54.4 Å². The Labute approximate surface area is 116 Å². The normalized spacial score (nSPS) is 11.9. The van der Waals surface area contributed by atoms with Crippen LogP contribution in [0, 0.1) is 0 Å². The van der Waals surface area contributed by atoms with Crippen molar-refractivity contribution in [3.8, 4) is 11.1 Å². The van der Waals surface area contributed by atoms with Gasteiger partial charge in [0.25, 0.3) is 5.91 Å². The van der Waals surface area contributed by atoms with Crippen molar-refractivity contribution >= 4 is 5.91 Å². The average Bonchev–Trinajstić information content (AvgIpc) is 2.53. The number of nitrogens with zero attached hydrogens (tertiary/aromatic N) is 1. The van der Waals surface area contributed by atoms with Crippen molar-refractivity contribution in [3.63, 3.8) is 0 Å². The predicted octanol–water partition coefficient (Wildman–Crippen LogP) is 0.832. The summed E-state index contributed by atoms with van der Waals surface area (Å²) < 4.78 is 0. The molecular formula is C15H16N2O3. The first-order valence-electron chi connectivity index (χ1n) is 6.29. The fraction of sp³-hybridized carbons (Fsp3) is 0.200. The molecule has 0 aliphatic carbocycles. The highest BCUT2D eigenvalue weighted by atomic mass is 16.3. The zero-order chi connectivity index (χ0) is 14.4. The van der Waals surface area contributed by atoms with Gasteiger partial charge in [-0.3, -0.25) is 9.78 Å². The van der Waals surface area contributed by atoms with E-state index >= 15 is 0 Å². The summed E-state index contributed by atoms with van der Waals surface area (Å²) in [6.07, 6.45) is 0.607. The van der Waals surface area contributed by atoms with Crippen LogP contribution in [0.3, 0.4) is 0 Å². The molecule has 0 spiro atoms. The number of pyridine rings is 1. The van der Waals surface area contributed by atoms with Crippen molar-refractivity contribution in [2.24, 2.45) is 0 Å². The van der Waals surface area contributed by atoms with Gasteiger partial charge in [-0.1, -0.05) is 30.3 Å². The molecule has 0 fully saturated rings. The molecule has 3 N–H and O–H groups in total. The SMILES string of the molecule is O=C(NC[C@H](O)CO)c1cc(-c2ccccc2)ccn1. The Morgan fingerprint density at radius 1 is 1.20 bits per heavy atom. The summed E-state index contributed by atoms with van der Waals surface area (Å²) in [6.45, 7) is -0.398. The first-order chi connectivity index (χ1) is 9.70. The lowest BCUT2D eigenvalue weighted by molar-refractivity contribution is 0.0799. The standard InChI is InChI=1S/C15H16N2O3/c18-10-13(19)9-17-15(20)14-8-12(6-7-16-14)11-4-2-1-3-5-11/h1-8,13,18-19H,9-10H2,(H,17,20)/t13-/m0/s1. The Bertz CT molecular complexity index is 572. The van der Waals surface area contributed by atoms with Crippen LogP contribution in [0.2, 0.25) is 0 Å². The fourth-order valence-corrected chi connectivity index (χ4v) is 1.73. The zero-order valence-corrected chi connectivity index (χ0v) is 10.9. The molecule has 20 heavy (non-hydrogen) atoms. The highest BCUT2D eigenvalue weighted by Gasteiger charge is 2.10. The average molecular weight is 272 g/mol. The second-order valence-corrected chi connectivity index (χ2v) is 4.34. The first-order valence-corrected chi connectivity index (χ1v) is 6.29. The lowest BCUT2D eigenvalue weighted by Gasteiger charge is -2.09. The summed E-state index contributed by atoms with van der Waals surface area (Å²) in [5.74, 6) is -0.379. The maximum Gasteiger partial charge on any atom is 0.269 e. The molecule has 1 heterocycles. The quantitative estimate of drug-likeness (QED) is 0.753. The third-order valence-corrected chi connectivity index (χ3v) is 2.81. The number of aliphatic hydroxyl groups is 2. The summed E-state index contributed by atoms with van der Waals surface area (Å²) >= 11 is 0. The van der Waals surface area contributed by atoms with E-state index in [1.165, 1.54) is 0 Å². The van der Waals surface area contributed by atoms with Crippen LogP contribution in [0.25, 0.3) is 11.1 Å². The monoisotopic (exact) mass is 272 g/mol. The van der Waals surface area contributed by atoms with Gasteiger partial charge in [0.15, 0.2) is 0 Å². The van der Waals surface area contributed by atoms with Crippen molar-refractivity contribution in [1.82, 2.24) is 10.3 Å². The van der Waals surface area contributed by atoms with E-state index in [2.05, 4.69) is 10.3 Å². The van der Waals surface area contributed by atoms with Crippen LogP contribution in [0.4, 0.5) is 0 Å². The van der Waals surface area contributed by atoms with Gasteiger partial charge >= 0.3 is 0 Å². The number of hydrogen-bond acceptors (Lipinski definition) is 4. The summed E-state index contributed by atoms with van der Waals surface area (Å²) in [6, 6.07) is 13.2. The van der Waals surface area contributed by atoms with Gasteiger partial charge in [0.1, 0.15) is 5.69 Å². The maximum atomic E-state index is 11.9. The number of hydrogen-bond donors (Lipinski definition) is 3. The molecule has 0 saturated heterocycles. The summed E-state index contributed by atoms with van der Waals surface area (Å²) in [5.41, 5.74) is 2.17. The van der Waals surface area contributed by atoms with Gasteiger partial charge in [0.05, 0.1) is 12.7 Å². The van der Waals surface area contributed by atoms with Crippen LogP contribution < -0.4 is 5.32 Å². The minimum atomic E-state index is -0.962. The zero-order valence-electron chi connectivity index (χ0n) is 10.9. The minimum Gasteiger partial charge on any atom is -0.394 e. The highest BCUT2D eigenvalue weighted by molar-refractivity contribution is 5.93. The largest absolute Gasteiger partial charge is 0.394 e. The van der Waals surface area contributed by atoms with E-state index in [0.717, 1.165) is 11.1 Å². The number of nitrogens with one attached hydrogen (secondary N) is 1. The van der Waals surface area contributed by atoms with E-state index < -0.39 is 12.7 Å². The van der Waals surface area contributed by atoms with Crippen molar-refractivity contribution in [2.75, 3.05) is 13.2 Å². The number of aliphatic hydroxyl groups excluding tert-OH is 2. The molecule has 0 unspecified atom stereocenters. The Morgan fingerprint density at radius 3 is 2.65 bits per heavy atom. The maximum absolute atomic E-state index is 11.9. The molecule has 0 aliphatic rings. The van der Waals surface area contributed by atoms with Crippen molar-refractivity contribution < 1.29 is 15.0 Å². The molecule has 0 radical (unpaired) electrons. The van der Waals surface area contributed by atoms with Crippen LogP contribution in [0.1, 0.15) is 10.5 Å². The van der Waals surface area contributed by atoms with E-state index in [1.807, 2.05) is 36.4 Å². The van der Waals surface area contributed by atoms with Crippen LogP contribution in [0.15, 0.2) is 48.7 Å². The molecule has 0 saturated carbocycles. The molecule has 1 aromatic carbocycles. The molecule has 104 valence electrons. The number of aromatic nitrogens is 1. The number of amides is 1. The van der Waals surface area contributed by atoms with Crippen LogP contribution in [-0.2, 0) is 0 Å². The van der Waals surface area contributed by atoms with E-state index in [0.29, 0.717) is 0 Å². The number of benzene rings is 1. The van der Waals surface area contributed by atoms with E-state index in [9.17, 15) is 9.90 Å². The molecule has 1 aromatic heterocycles. The lowest BCUT2D eigenvalue weighted by Crippen LogP contribution is -2.34. The van der Waals surface area contributed by atoms with Gasteiger partial charge in [0.2, 0.25) is 0 Å². The van der Waals surface area contributed by atoms with Crippen LogP contribution in [-0.4, -0.2) is 40.4 Å². The molecule has 0 aliphatic heterocycles. The van der Waals surface area contributed by atoms with Crippen LogP contribution in [0.5, 0.6) is 0 Å². The Kier molecular flexibility index (Phi) is 4.81. The van der Waals surface area contributed by atoms with E-state index in [-0.39, 0.29) is 18.1 Å². The second-order valence-electron chi connectivity index (χ2n) is 4.34. The van der Waals surface area contributed by atoms with Gasteiger partial charge < -0.3 is 15.5 Å². The molecule has 2 aromatic rings. The highest BCUT2D eigenvalue weighted by Crippen LogP contribution is 2.18. The minimum absolute atomic E-state index is 0.00736. The Hall–Kier alpha value is -2.24. The number of carbonyl (C=O) groups is 1. The third kappa shape index (κ3) is 3.63. The van der Waals surface area contributed by atoms with Gasteiger partial charge in [-0.2, -0.15) is 0 Å². The van der Waals surface area contributed by atoms with Crippen molar-refractivity contribution in [1.29, 1.82) is 0 Å². The summed E-state index contributed by atoms with van der Waals surface area (Å²) in [4.78, 5) is 15.9. The van der Waals surface area contributed by atoms with Gasteiger partial charge in [-0.25, -0.2) is 0 Å². The molecule has 1 atom stereocenters. The summed E-state index contributed by atoms with van der Waals surface area (Å²) in [5, 5.41) is 20.4. The molecule has 5 heteroatoms. The fourth-order valence-electron chi connectivity index (χ4n) is 1.73. The predicted molar refractivity (Wildman–Crippen MR) is 75.1 cm³/mol. The molecule has 5 nitrogen and oxygen atoms in total. The Morgan fingerprint density at radius 2 is 1.95 bits per heavy atom. The van der Waals surface area contributed by atoms with E-state index in [1.54, 1.807) is 12.3 Å². The molecule has 0 bridgehead atoms. The third-order valence-electron chi connectivity index (χ3n) is 2.81. The topological polar surface area (TPSA) is 82.5 Å². The van der Waals surface area contributed by atoms with Gasteiger partial charge in [0, 0.05) is 12.7 Å². The molecule has 2 rings (SSSR count). The first kappa shape index (κ1) is 14.2. The molecule has 1 amide bonds. The number of carbonyl (C=O) groups excluding carboxylic acids is 1. The molecular weight excluding hydrogens is 256 g/mol. The van der Waals surface area contributed by atoms with Crippen LogP contribution >= 0.6 is 0 Å².